The highest BCUT2D eigenvalue weighted by Gasteiger charge is 2.10. The van der Waals surface area contributed by atoms with Crippen molar-refractivity contribution >= 4 is 12.0 Å². The SMILES string of the molecule is COc1cc(O)cc(OC)c1C=CC(=O)NCCCCN. The summed E-state index contributed by atoms with van der Waals surface area (Å²) in [5.74, 6) is 0.689. The molecule has 0 saturated carbocycles. The number of unbranched alkanes of at least 4 members (excludes halogenated alkanes) is 1. The Kier molecular flexibility index (Phi) is 7.11. The van der Waals surface area contributed by atoms with Gasteiger partial charge in [0.15, 0.2) is 0 Å². The van der Waals surface area contributed by atoms with Crippen LogP contribution in [0.5, 0.6) is 17.2 Å². The first kappa shape index (κ1) is 16.8. The summed E-state index contributed by atoms with van der Waals surface area (Å²) >= 11 is 0. The molecule has 0 aliphatic heterocycles. The highest BCUT2D eigenvalue weighted by atomic mass is 16.5. The van der Waals surface area contributed by atoms with Gasteiger partial charge in [0.1, 0.15) is 17.2 Å². The van der Waals surface area contributed by atoms with Gasteiger partial charge in [0, 0.05) is 24.8 Å². The molecule has 0 saturated heterocycles. The number of methoxy groups -OCH3 is 2. The van der Waals surface area contributed by atoms with E-state index in [-0.39, 0.29) is 11.7 Å². The van der Waals surface area contributed by atoms with Crippen LogP contribution in [0, 0.1) is 0 Å². The molecule has 6 heteroatoms. The van der Waals surface area contributed by atoms with Crippen molar-refractivity contribution in [1.82, 2.24) is 5.32 Å². The Labute approximate surface area is 124 Å². The van der Waals surface area contributed by atoms with Gasteiger partial charge in [-0.15, -0.1) is 0 Å². The number of hydrogen-bond acceptors (Lipinski definition) is 5. The van der Waals surface area contributed by atoms with Gasteiger partial charge < -0.3 is 25.6 Å². The molecule has 0 aliphatic rings. The number of carbonyl (C=O) groups excluding carboxylic acids is 1. The fraction of sp³-hybridized carbons (Fsp3) is 0.400. The van der Waals surface area contributed by atoms with Gasteiger partial charge in [-0.3, -0.25) is 4.79 Å². The third-order valence-electron chi connectivity index (χ3n) is 2.86. The summed E-state index contributed by atoms with van der Waals surface area (Å²) in [5, 5.41) is 12.3. The van der Waals surface area contributed by atoms with E-state index in [0.717, 1.165) is 12.8 Å². The topological polar surface area (TPSA) is 93.8 Å². The molecule has 0 bridgehead atoms. The normalized spacial score (nSPS) is 10.6. The molecule has 0 spiro atoms. The maximum absolute atomic E-state index is 11.7. The lowest BCUT2D eigenvalue weighted by molar-refractivity contribution is -0.116. The molecular weight excluding hydrogens is 272 g/mol. The molecule has 6 nitrogen and oxygen atoms in total. The number of rotatable bonds is 8. The molecule has 1 aromatic carbocycles. The van der Waals surface area contributed by atoms with Crippen LogP contribution in [0.1, 0.15) is 18.4 Å². The summed E-state index contributed by atoms with van der Waals surface area (Å²) in [4.78, 5) is 11.7. The van der Waals surface area contributed by atoms with Crippen LogP contribution in [0.2, 0.25) is 0 Å². The molecule has 0 aliphatic carbocycles. The maximum atomic E-state index is 11.7. The second-order valence-corrected chi connectivity index (χ2v) is 4.38. The van der Waals surface area contributed by atoms with Crippen molar-refractivity contribution in [3.05, 3.63) is 23.8 Å². The van der Waals surface area contributed by atoms with E-state index in [1.54, 1.807) is 6.08 Å². The van der Waals surface area contributed by atoms with Crippen molar-refractivity contribution in [3.63, 3.8) is 0 Å². The Bertz CT molecular complexity index is 475. The van der Waals surface area contributed by atoms with E-state index < -0.39 is 0 Å². The highest BCUT2D eigenvalue weighted by Crippen LogP contribution is 2.34. The molecule has 116 valence electrons. The number of carbonyl (C=O) groups is 1. The van der Waals surface area contributed by atoms with Crippen molar-refractivity contribution in [3.8, 4) is 17.2 Å². The van der Waals surface area contributed by atoms with Crippen LogP contribution < -0.4 is 20.5 Å². The van der Waals surface area contributed by atoms with Gasteiger partial charge in [-0.05, 0) is 25.5 Å². The zero-order chi connectivity index (χ0) is 15.7. The van der Waals surface area contributed by atoms with Crippen LogP contribution in [-0.4, -0.2) is 38.3 Å². The van der Waals surface area contributed by atoms with Gasteiger partial charge >= 0.3 is 0 Å². The number of phenolic OH excluding ortho intramolecular Hbond substituents is 1. The lowest BCUT2D eigenvalue weighted by atomic mass is 10.1. The molecule has 0 radical (unpaired) electrons. The molecule has 0 fully saturated rings. The van der Waals surface area contributed by atoms with E-state index in [1.807, 2.05) is 0 Å². The minimum Gasteiger partial charge on any atom is -0.508 e. The molecule has 0 aromatic heterocycles. The fourth-order valence-electron chi connectivity index (χ4n) is 1.79. The van der Waals surface area contributed by atoms with Crippen molar-refractivity contribution in [2.24, 2.45) is 5.73 Å². The summed E-state index contributed by atoms with van der Waals surface area (Å²) in [7, 11) is 2.97. The van der Waals surface area contributed by atoms with Crippen LogP contribution >= 0.6 is 0 Å². The minimum atomic E-state index is -0.204. The summed E-state index contributed by atoms with van der Waals surface area (Å²) in [6.07, 6.45) is 4.72. The zero-order valence-corrected chi connectivity index (χ0v) is 12.4. The predicted molar refractivity (Wildman–Crippen MR) is 81.5 cm³/mol. The number of phenols is 1. The third kappa shape index (κ3) is 5.35. The Balaban J connectivity index is 2.76. The molecule has 0 unspecified atom stereocenters. The number of aromatic hydroxyl groups is 1. The number of benzene rings is 1. The molecule has 1 aromatic rings. The highest BCUT2D eigenvalue weighted by molar-refractivity contribution is 5.92. The standard InChI is InChI=1S/C15H22N2O4/c1-20-13-9-11(18)10-14(21-2)12(13)5-6-15(19)17-8-4-3-7-16/h5-6,9-10,18H,3-4,7-8,16H2,1-2H3,(H,17,19). The van der Waals surface area contributed by atoms with E-state index in [0.29, 0.717) is 30.2 Å². The van der Waals surface area contributed by atoms with Gasteiger partial charge in [-0.2, -0.15) is 0 Å². The molecular formula is C15H22N2O4. The van der Waals surface area contributed by atoms with E-state index >= 15 is 0 Å². The number of ether oxygens (including phenoxy) is 2. The van der Waals surface area contributed by atoms with Gasteiger partial charge in [-0.25, -0.2) is 0 Å². The van der Waals surface area contributed by atoms with Crippen LogP contribution in [0.15, 0.2) is 18.2 Å². The molecule has 4 N–H and O–H groups in total. The van der Waals surface area contributed by atoms with Gasteiger partial charge in [0.25, 0.3) is 0 Å². The third-order valence-corrected chi connectivity index (χ3v) is 2.86. The number of amides is 1. The minimum absolute atomic E-state index is 0.0343. The average Bonchev–Trinajstić information content (AvgIpc) is 2.49. The van der Waals surface area contributed by atoms with Crippen LogP contribution in [0.4, 0.5) is 0 Å². The lowest BCUT2D eigenvalue weighted by Gasteiger charge is -2.10. The Morgan fingerprint density at radius 3 is 2.43 bits per heavy atom. The maximum Gasteiger partial charge on any atom is 0.244 e. The fourth-order valence-corrected chi connectivity index (χ4v) is 1.79. The van der Waals surface area contributed by atoms with Crippen LogP contribution in [-0.2, 0) is 4.79 Å². The first-order chi connectivity index (χ1) is 10.1. The second kappa shape index (κ2) is 8.86. The Morgan fingerprint density at radius 1 is 1.29 bits per heavy atom. The molecule has 1 rings (SSSR count). The lowest BCUT2D eigenvalue weighted by Crippen LogP contribution is -2.22. The molecule has 1 amide bonds. The zero-order valence-electron chi connectivity index (χ0n) is 12.4. The number of hydrogen-bond donors (Lipinski definition) is 3. The second-order valence-electron chi connectivity index (χ2n) is 4.38. The predicted octanol–water partition coefficient (Wildman–Crippen LogP) is 1.28. The van der Waals surface area contributed by atoms with Crippen molar-refractivity contribution in [2.45, 2.75) is 12.8 Å². The number of nitrogens with one attached hydrogen (secondary N) is 1. The Morgan fingerprint density at radius 2 is 1.90 bits per heavy atom. The van der Waals surface area contributed by atoms with E-state index in [9.17, 15) is 9.90 Å². The van der Waals surface area contributed by atoms with Crippen molar-refractivity contribution in [2.75, 3.05) is 27.3 Å². The summed E-state index contributed by atoms with van der Waals surface area (Å²) in [6.45, 7) is 1.21. The van der Waals surface area contributed by atoms with Gasteiger partial charge in [0.2, 0.25) is 5.91 Å². The van der Waals surface area contributed by atoms with E-state index in [2.05, 4.69) is 5.32 Å². The molecule has 0 atom stereocenters. The number of nitrogens with two attached hydrogens (primary N) is 1. The van der Waals surface area contributed by atoms with E-state index in [1.165, 1.54) is 32.4 Å². The van der Waals surface area contributed by atoms with E-state index in [4.69, 9.17) is 15.2 Å². The molecule has 0 heterocycles. The molecule has 21 heavy (non-hydrogen) atoms. The summed E-state index contributed by atoms with van der Waals surface area (Å²) < 4.78 is 10.4. The van der Waals surface area contributed by atoms with Gasteiger partial charge in [0.05, 0.1) is 19.8 Å². The van der Waals surface area contributed by atoms with Crippen LogP contribution in [0.3, 0.4) is 0 Å². The quantitative estimate of drug-likeness (QED) is 0.496. The smallest absolute Gasteiger partial charge is 0.244 e. The van der Waals surface area contributed by atoms with Crippen molar-refractivity contribution in [1.29, 1.82) is 0 Å². The Hall–Kier alpha value is -2.21. The first-order valence-electron chi connectivity index (χ1n) is 6.73. The average molecular weight is 294 g/mol. The monoisotopic (exact) mass is 294 g/mol. The van der Waals surface area contributed by atoms with Gasteiger partial charge in [-0.1, -0.05) is 0 Å². The van der Waals surface area contributed by atoms with Crippen LogP contribution in [0.25, 0.3) is 6.08 Å². The first-order valence-corrected chi connectivity index (χ1v) is 6.73. The largest absolute Gasteiger partial charge is 0.508 e. The summed E-state index contributed by atoms with van der Waals surface area (Å²) in [5.41, 5.74) is 5.97. The van der Waals surface area contributed by atoms with Crippen molar-refractivity contribution < 1.29 is 19.4 Å². The summed E-state index contributed by atoms with van der Waals surface area (Å²) in [6, 6.07) is 2.92.